The quantitative estimate of drug-likeness (QED) is 0.606. The van der Waals surface area contributed by atoms with E-state index in [1.165, 1.54) is 0 Å². The van der Waals surface area contributed by atoms with Gasteiger partial charge in [0.25, 0.3) is 0 Å². The van der Waals surface area contributed by atoms with E-state index < -0.39 is 93.1 Å². The van der Waals surface area contributed by atoms with Gasteiger partial charge in [0.1, 0.15) is 0 Å². The Labute approximate surface area is 133 Å². The molecule has 0 fully saturated rings. The molecule has 0 nitrogen and oxygen atoms in total. The molecule has 0 aromatic heterocycles. The summed E-state index contributed by atoms with van der Waals surface area (Å²) in [5.41, 5.74) is -14.3. The molecule has 0 atom stereocenters. The number of rotatable bonds is 0. The van der Waals surface area contributed by atoms with Gasteiger partial charge in [-0.05, 0) is 46.9 Å². The molecule has 0 unspecified atom stereocenters. The SMILES string of the molecule is [2H]c1c(C([2H])([2H])[2H])c(C)c(C(C([2H])([2H])[2H])(C([2H])([2H])[2H])C([2H])([2H])[2H])c([2H])c1C(C([2H])([2H])[2H])(C([2H])([2H])[2H])C([2H])([2H])[2H]. The minimum atomic E-state index is -4.26. The van der Waals surface area contributed by atoms with Crippen LogP contribution in [0.15, 0.2) is 12.1 Å². The zero-order chi connectivity index (χ0) is 32.0. The molecule has 0 saturated carbocycles. The lowest BCUT2D eigenvalue weighted by Crippen LogP contribution is -2.18. The fourth-order valence-electron chi connectivity index (χ4n) is 1.16. The van der Waals surface area contributed by atoms with E-state index in [-0.39, 0.29) is 0 Å². The van der Waals surface area contributed by atoms with Gasteiger partial charge < -0.3 is 0 Å². The predicted molar refractivity (Wildman–Crippen MR) is 73.3 cm³/mol. The van der Waals surface area contributed by atoms with Crippen LogP contribution in [-0.2, 0) is 10.8 Å². The molecule has 0 heteroatoms. The highest BCUT2D eigenvalue weighted by atomic mass is 14.3. The maximum Gasteiger partial charge on any atom is 0.0629 e. The van der Waals surface area contributed by atoms with Crippen molar-refractivity contribution in [2.45, 2.75) is 65.7 Å². The van der Waals surface area contributed by atoms with Gasteiger partial charge >= 0.3 is 0 Å². The van der Waals surface area contributed by atoms with E-state index in [1.807, 2.05) is 0 Å². The Hall–Kier alpha value is -0.780. The molecule has 1 rings (SSSR count). The van der Waals surface area contributed by atoms with Crippen LogP contribution >= 0.6 is 0 Å². The summed E-state index contributed by atoms with van der Waals surface area (Å²) in [6, 6.07) is -3.42. The molecule has 1 aromatic rings. The first-order valence-corrected chi connectivity index (χ1v) is 4.25. The highest BCUT2D eigenvalue weighted by Crippen LogP contribution is 2.32. The molecule has 16 heavy (non-hydrogen) atoms. The van der Waals surface area contributed by atoms with E-state index in [0.717, 1.165) is 0 Å². The van der Waals surface area contributed by atoms with E-state index in [1.54, 1.807) is 0 Å². The minimum absolute atomic E-state index is 0.691. The molecule has 0 heterocycles. The third kappa shape index (κ3) is 2.66. The van der Waals surface area contributed by atoms with Gasteiger partial charge in [-0.3, -0.25) is 0 Å². The highest BCUT2D eigenvalue weighted by molar-refractivity contribution is 5.43. The van der Waals surface area contributed by atoms with Crippen molar-refractivity contribution in [1.82, 2.24) is 0 Å². The zero-order valence-electron chi connectivity index (χ0n) is 31.5. The Morgan fingerprint density at radius 1 is 1.00 bits per heavy atom. The molecule has 1 aromatic carbocycles. The average molecular weight is 242 g/mol. The maximum absolute atomic E-state index is 8.72. The van der Waals surface area contributed by atoms with Crippen LogP contribution in [0.4, 0.5) is 0 Å². The molecular formula is C16H26. The monoisotopic (exact) mass is 241 g/mol. The molecule has 0 aliphatic carbocycles. The fourth-order valence-corrected chi connectivity index (χ4v) is 1.16. The Morgan fingerprint density at radius 3 is 2.12 bits per heavy atom. The predicted octanol–water partition coefficient (Wildman–Crippen LogP) is 4.90. The van der Waals surface area contributed by atoms with Gasteiger partial charge in [0.05, 0.1) is 2.74 Å². The van der Waals surface area contributed by atoms with Crippen molar-refractivity contribution in [2.24, 2.45) is 0 Å². The molecule has 0 saturated heterocycles. The number of benzene rings is 1. The second kappa shape index (κ2) is 3.91. The van der Waals surface area contributed by atoms with E-state index in [4.69, 9.17) is 31.5 Å². The largest absolute Gasteiger partial charge is 0.0629 e. The van der Waals surface area contributed by atoms with Crippen molar-refractivity contribution in [3.63, 3.8) is 0 Å². The smallest absolute Gasteiger partial charge is 0.0561 e. The van der Waals surface area contributed by atoms with E-state index in [9.17, 15) is 0 Å². The molecule has 90 valence electrons. The van der Waals surface area contributed by atoms with Gasteiger partial charge in [0, 0.05) is 28.8 Å². The molecule has 0 N–H and O–H groups in total. The van der Waals surface area contributed by atoms with Crippen molar-refractivity contribution < 1.29 is 31.5 Å². The van der Waals surface area contributed by atoms with Gasteiger partial charge in [-0.2, -0.15) is 0 Å². The van der Waals surface area contributed by atoms with Crippen molar-refractivity contribution in [3.8, 4) is 0 Å². The third-order valence-electron chi connectivity index (χ3n) is 2.00. The Kier molecular flexibility index (Phi) is 0.514. The van der Waals surface area contributed by atoms with E-state index >= 15 is 0 Å². The fraction of sp³-hybridized carbons (Fsp3) is 0.625. The molecule has 0 spiro atoms. The van der Waals surface area contributed by atoms with Crippen LogP contribution in [0.5, 0.6) is 0 Å². The Morgan fingerprint density at radius 2 is 1.62 bits per heavy atom. The summed E-state index contributed by atoms with van der Waals surface area (Å²) >= 11 is 0. The molecule has 0 aliphatic rings. The van der Waals surface area contributed by atoms with Crippen LogP contribution in [0.1, 0.15) is 94.9 Å². The van der Waals surface area contributed by atoms with Crippen LogP contribution in [0.25, 0.3) is 0 Å². The Bertz CT molecular complexity index is 928. The highest BCUT2D eigenvalue weighted by Gasteiger charge is 2.21. The van der Waals surface area contributed by atoms with Crippen molar-refractivity contribution in [1.29, 1.82) is 0 Å². The van der Waals surface area contributed by atoms with Crippen molar-refractivity contribution >= 4 is 0 Å². The molecule has 0 radical (unpaired) electrons. The van der Waals surface area contributed by atoms with Crippen LogP contribution in [0.2, 0.25) is 0 Å². The lowest BCUT2D eigenvalue weighted by Gasteiger charge is -2.28. The standard InChI is InChI=1S/C16H26/c1-11-9-13(15(3,4)5)10-14(12(11)2)16(6,7)8/h9-10H,1-8H3/i1D3,3D3,4D3,5D3,6D3,7D3,8D3,9D,10D. The summed E-state index contributed by atoms with van der Waals surface area (Å²) in [6.07, 6.45) is 0. The lowest BCUT2D eigenvalue weighted by molar-refractivity contribution is 0.564. The Balaban J connectivity index is 5.15. The summed E-state index contributed by atoms with van der Waals surface area (Å²) in [5, 5.41) is 0. The van der Waals surface area contributed by atoms with Gasteiger partial charge in [0.15, 0.2) is 0 Å². The minimum Gasteiger partial charge on any atom is -0.0561 e. The average Bonchev–Trinajstić information content (AvgIpc) is 2.53. The second-order valence-corrected chi connectivity index (χ2v) is 3.50. The summed E-state index contributed by atoms with van der Waals surface area (Å²) in [6.45, 7) is -27.8. The summed E-state index contributed by atoms with van der Waals surface area (Å²) in [4.78, 5) is 0. The third-order valence-corrected chi connectivity index (χ3v) is 2.00. The molecule has 0 amide bonds. The van der Waals surface area contributed by atoms with Crippen molar-refractivity contribution in [2.75, 3.05) is 0 Å². The first kappa shape index (κ1) is 2.11. The molecule has 0 aliphatic heterocycles. The normalized spacial score (nSPS) is 39.7. The zero-order valence-corrected chi connectivity index (χ0v) is 8.50. The van der Waals surface area contributed by atoms with Gasteiger partial charge in [-0.1, -0.05) is 53.2 Å². The van der Waals surface area contributed by atoms with E-state index in [2.05, 4.69) is 0 Å². The van der Waals surface area contributed by atoms with Gasteiger partial charge in [-0.15, -0.1) is 0 Å². The first-order valence-electron chi connectivity index (χ1n) is 15.8. The first-order chi connectivity index (χ1) is 16.6. The van der Waals surface area contributed by atoms with Crippen LogP contribution in [-0.4, -0.2) is 0 Å². The number of hydrogen-bond acceptors (Lipinski definition) is 0. The summed E-state index contributed by atoms with van der Waals surface area (Å²) in [5.74, 6) is 0. The summed E-state index contributed by atoms with van der Waals surface area (Å²) < 4.78 is 184. The van der Waals surface area contributed by atoms with Crippen LogP contribution in [0, 0.1) is 13.8 Å². The van der Waals surface area contributed by atoms with Gasteiger partial charge in [-0.25, -0.2) is 0 Å². The van der Waals surface area contributed by atoms with E-state index in [0.29, 0.717) is 6.92 Å². The second-order valence-electron chi connectivity index (χ2n) is 3.50. The topological polar surface area (TPSA) is 0 Å². The van der Waals surface area contributed by atoms with Crippen molar-refractivity contribution in [3.05, 3.63) is 34.3 Å². The molecular weight excluding hydrogens is 192 g/mol. The lowest BCUT2D eigenvalue weighted by atomic mass is 9.77. The molecule has 0 bridgehead atoms. The summed E-state index contributed by atoms with van der Waals surface area (Å²) in [7, 11) is 0. The maximum atomic E-state index is 8.72. The van der Waals surface area contributed by atoms with Crippen LogP contribution < -0.4 is 0 Å². The van der Waals surface area contributed by atoms with Gasteiger partial charge in [0.2, 0.25) is 0 Å². The van der Waals surface area contributed by atoms with Crippen LogP contribution in [0.3, 0.4) is 0 Å². The number of hydrogen-bond donors (Lipinski definition) is 0.